The molecule has 7 rings (SSSR count). The third-order valence-corrected chi connectivity index (χ3v) is 8.40. The number of amides is 1. The molecule has 9 nitrogen and oxygen atoms in total. The molecule has 3 aliphatic rings. The molecule has 3 aliphatic heterocycles. The van der Waals surface area contributed by atoms with E-state index < -0.39 is 6.17 Å². The molecule has 6 heterocycles. The Kier molecular flexibility index (Phi) is 6.30. The van der Waals surface area contributed by atoms with Gasteiger partial charge in [-0.25, -0.2) is 4.39 Å². The van der Waals surface area contributed by atoms with Gasteiger partial charge < -0.3 is 23.9 Å². The first-order chi connectivity index (χ1) is 20.4. The number of anilines is 1. The number of fused-ring (bicyclic) bond motifs is 2. The Labute approximate surface area is 242 Å². The Hall–Kier alpha value is -4.91. The minimum absolute atomic E-state index is 0.126. The number of carbonyl (C=O) groups excluding carboxylic acids is 1. The van der Waals surface area contributed by atoms with Crippen LogP contribution in [0.1, 0.15) is 22.5 Å². The van der Waals surface area contributed by atoms with E-state index in [-0.39, 0.29) is 5.91 Å². The van der Waals surface area contributed by atoms with Crippen LogP contribution in [0.5, 0.6) is 5.75 Å². The first kappa shape index (κ1) is 26.0. The van der Waals surface area contributed by atoms with E-state index in [1.54, 1.807) is 31.6 Å². The molecule has 0 saturated carbocycles. The largest absolute Gasteiger partial charge is 0.496 e. The summed E-state index contributed by atoms with van der Waals surface area (Å²) in [4.78, 5) is 28.2. The average molecular weight is 565 g/mol. The lowest BCUT2D eigenvalue weighted by Gasteiger charge is -2.19. The van der Waals surface area contributed by atoms with Gasteiger partial charge in [-0.2, -0.15) is 5.26 Å². The summed E-state index contributed by atoms with van der Waals surface area (Å²) in [6.07, 6.45) is 5.01. The molecule has 2 saturated heterocycles. The standard InChI is InChI=1S/C32H29FN6O3/c1-37-14-21-16-39(17-22(21)15-37)32(40)27-11-29(41-2)25(13-36-27)30-10-26-31(42-30)24(5-7-35-26)19-3-4-28(20(9-19)12-34)38-8-6-23(33)18-38/h3-5,7,9-11,13-14,22-23H,6,8,15-18H2,1-2H3/t22?,23-/m1/s1. The predicted molar refractivity (Wildman–Crippen MR) is 156 cm³/mol. The van der Waals surface area contributed by atoms with Crippen molar-refractivity contribution < 1.29 is 18.3 Å². The number of pyridine rings is 2. The van der Waals surface area contributed by atoms with Gasteiger partial charge in [0.1, 0.15) is 35.0 Å². The van der Waals surface area contributed by atoms with E-state index in [1.165, 1.54) is 5.57 Å². The van der Waals surface area contributed by atoms with Gasteiger partial charge in [-0.05, 0) is 35.8 Å². The highest BCUT2D eigenvalue weighted by Crippen LogP contribution is 2.39. The molecular weight excluding hydrogens is 535 g/mol. The molecule has 10 heteroatoms. The first-order valence-electron chi connectivity index (χ1n) is 14.0. The maximum Gasteiger partial charge on any atom is 0.272 e. The molecule has 3 aromatic heterocycles. The number of nitriles is 1. The van der Waals surface area contributed by atoms with Crippen molar-refractivity contribution in [1.29, 1.82) is 5.26 Å². The third kappa shape index (κ3) is 4.42. The molecule has 212 valence electrons. The summed E-state index contributed by atoms with van der Waals surface area (Å²) in [6, 6.07) is 13.2. The summed E-state index contributed by atoms with van der Waals surface area (Å²) in [5.41, 5.74) is 6.17. The molecule has 42 heavy (non-hydrogen) atoms. The molecule has 0 N–H and O–H groups in total. The molecule has 0 aliphatic carbocycles. The van der Waals surface area contributed by atoms with Crippen LogP contribution in [-0.2, 0) is 0 Å². The zero-order chi connectivity index (χ0) is 29.0. The smallest absolute Gasteiger partial charge is 0.272 e. The van der Waals surface area contributed by atoms with E-state index in [0.29, 0.717) is 77.9 Å². The van der Waals surface area contributed by atoms with Crippen molar-refractivity contribution in [3.63, 3.8) is 0 Å². The number of methoxy groups -OCH3 is 1. The lowest BCUT2D eigenvalue weighted by Crippen LogP contribution is -2.31. The number of hydrogen-bond donors (Lipinski definition) is 0. The number of halogens is 1. The molecular formula is C32H29FN6O3. The zero-order valence-electron chi connectivity index (χ0n) is 23.4. The first-order valence-corrected chi connectivity index (χ1v) is 14.0. The summed E-state index contributed by atoms with van der Waals surface area (Å²) in [5, 5.41) is 9.86. The van der Waals surface area contributed by atoms with Gasteiger partial charge in [-0.3, -0.25) is 14.8 Å². The van der Waals surface area contributed by atoms with Gasteiger partial charge in [0.05, 0.1) is 23.9 Å². The van der Waals surface area contributed by atoms with E-state index >= 15 is 0 Å². The Morgan fingerprint density at radius 2 is 2.02 bits per heavy atom. The van der Waals surface area contributed by atoms with Gasteiger partial charge in [0.15, 0.2) is 5.58 Å². The summed E-state index contributed by atoms with van der Waals surface area (Å²) >= 11 is 0. The van der Waals surface area contributed by atoms with Crippen LogP contribution in [0.25, 0.3) is 33.6 Å². The maximum absolute atomic E-state index is 13.8. The number of aromatic nitrogens is 2. The Morgan fingerprint density at radius 1 is 1.14 bits per heavy atom. The summed E-state index contributed by atoms with van der Waals surface area (Å²) < 4.78 is 25.8. The highest BCUT2D eigenvalue weighted by Gasteiger charge is 2.35. The van der Waals surface area contributed by atoms with Crippen LogP contribution >= 0.6 is 0 Å². The molecule has 0 spiro atoms. The molecule has 0 radical (unpaired) electrons. The lowest BCUT2D eigenvalue weighted by molar-refractivity contribution is 0.0779. The molecule has 2 fully saturated rings. The Morgan fingerprint density at radius 3 is 2.79 bits per heavy atom. The fourth-order valence-electron chi connectivity index (χ4n) is 6.33. The van der Waals surface area contributed by atoms with Crippen LogP contribution in [0.15, 0.2) is 65.0 Å². The van der Waals surface area contributed by atoms with Crippen LogP contribution < -0.4 is 9.64 Å². The molecule has 1 unspecified atom stereocenters. The SMILES string of the molecule is COc1cc(C(=O)N2CC3=CN(C)CC3C2)ncc1-c1cc2nccc(-c3ccc(N4CC[C@@H](F)C4)c(C#N)c3)c2o1. The van der Waals surface area contributed by atoms with Crippen LogP contribution in [0, 0.1) is 17.2 Å². The van der Waals surface area contributed by atoms with Gasteiger partial charge in [-0.1, -0.05) is 6.07 Å². The maximum atomic E-state index is 13.8. The molecule has 2 atom stereocenters. The monoisotopic (exact) mass is 564 g/mol. The van der Waals surface area contributed by atoms with Crippen LogP contribution in [-0.4, -0.2) is 78.7 Å². The van der Waals surface area contributed by atoms with E-state index in [1.807, 2.05) is 34.1 Å². The van der Waals surface area contributed by atoms with Crippen molar-refractivity contribution in [2.75, 3.05) is 51.8 Å². The number of hydrogen-bond acceptors (Lipinski definition) is 8. The van der Waals surface area contributed by atoms with Gasteiger partial charge in [-0.15, -0.1) is 0 Å². The van der Waals surface area contributed by atoms with Crippen LogP contribution in [0.4, 0.5) is 10.1 Å². The van der Waals surface area contributed by atoms with Crippen molar-refractivity contribution in [1.82, 2.24) is 19.8 Å². The van der Waals surface area contributed by atoms with Crippen LogP contribution in [0.2, 0.25) is 0 Å². The second kappa shape index (κ2) is 10.2. The summed E-state index contributed by atoms with van der Waals surface area (Å²) in [5.74, 6) is 1.22. The fourth-order valence-corrected chi connectivity index (χ4v) is 6.33. The number of carbonyl (C=O) groups is 1. The number of rotatable bonds is 5. The van der Waals surface area contributed by atoms with Crippen molar-refractivity contribution in [3.05, 3.63) is 71.8 Å². The number of alkyl halides is 1. The van der Waals surface area contributed by atoms with E-state index in [0.717, 1.165) is 23.4 Å². The predicted octanol–water partition coefficient (Wildman–Crippen LogP) is 4.89. The quantitative estimate of drug-likeness (QED) is 0.338. The number of furan rings is 1. The fraction of sp³-hybridized carbons (Fsp3) is 0.312. The summed E-state index contributed by atoms with van der Waals surface area (Å²) in [6.45, 7) is 3.10. The second-order valence-electron chi connectivity index (χ2n) is 11.2. The highest BCUT2D eigenvalue weighted by molar-refractivity contribution is 5.95. The molecule has 1 aromatic carbocycles. The Balaban J connectivity index is 1.20. The number of benzene rings is 1. The van der Waals surface area contributed by atoms with Gasteiger partial charge >= 0.3 is 0 Å². The van der Waals surface area contributed by atoms with Gasteiger partial charge in [0, 0.05) is 82.0 Å². The molecule has 1 amide bonds. The lowest BCUT2D eigenvalue weighted by atomic mass is 10.0. The number of likely N-dealkylation sites (tertiary alicyclic amines) is 1. The van der Waals surface area contributed by atoms with Crippen molar-refractivity contribution in [3.8, 4) is 34.3 Å². The molecule has 4 aromatic rings. The van der Waals surface area contributed by atoms with Crippen LogP contribution in [0.3, 0.4) is 0 Å². The zero-order valence-corrected chi connectivity index (χ0v) is 23.4. The van der Waals surface area contributed by atoms with E-state index in [2.05, 4.69) is 34.2 Å². The number of nitrogens with zero attached hydrogens (tertiary/aromatic N) is 6. The Bertz CT molecular complexity index is 1790. The van der Waals surface area contributed by atoms with E-state index in [4.69, 9.17) is 9.15 Å². The van der Waals surface area contributed by atoms with Crippen molar-refractivity contribution >= 4 is 22.7 Å². The van der Waals surface area contributed by atoms with Gasteiger partial charge in [0.2, 0.25) is 0 Å². The minimum Gasteiger partial charge on any atom is -0.496 e. The topological polar surface area (TPSA) is 98.7 Å². The third-order valence-electron chi connectivity index (χ3n) is 8.40. The van der Waals surface area contributed by atoms with E-state index in [9.17, 15) is 14.4 Å². The highest BCUT2D eigenvalue weighted by atomic mass is 19.1. The average Bonchev–Trinajstić information content (AvgIpc) is 3.79. The van der Waals surface area contributed by atoms with Crippen molar-refractivity contribution in [2.24, 2.45) is 5.92 Å². The minimum atomic E-state index is -0.879. The normalized spacial score (nSPS) is 19.8. The second-order valence-corrected chi connectivity index (χ2v) is 11.2. The number of ether oxygens (including phenoxy) is 1. The van der Waals surface area contributed by atoms with Crippen molar-refractivity contribution in [2.45, 2.75) is 12.6 Å². The van der Waals surface area contributed by atoms with Gasteiger partial charge in [0.25, 0.3) is 5.91 Å². The summed E-state index contributed by atoms with van der Waals surface area (Å²) in [7, 11) is 3.60. The molecule has 0 bridgehead atoms.